The van der Waals surface area contributed by atoms with Gasteiger partial charge < -0.3 is 10.2 Å². The average Bonchev–Trinajstić information content (AvgIpc) is 3.00. The van der Waals surface area contributed by atoms with Crippen LogP contribution >= 0.6 is 11.3 Å². The van der Waals surface area contributed by atoms with Gasteiger partial charge in [-0.25, -0.2) is 4.98 Å². The highest BCUT2D eigenvalue weighted by Crippen LogP contribution is 2.30. The number of nitrogens with one attached hydrogen (secondary N) is 1. The van der Waals surface area contributed by atoms with Crippen molar-refractivity contribution in [3.8, 4) is 0 Å². The maximum atomic E-state index is 12.4. The van der Waals surface area contributed by atoms with Crippen LogP contribution in [-0.4, -0.2) is 40.5 Å². The van der Waals surface area contributed by atoms with Crippen LogP contribution in [0.2, 0.25) is 0 Å². The Labute approximate surface area is 111 Å². The fourth-order valence-corrected chi connectivity index (χ4v) is 3.84. The van der Waals surface area contributed by atoms with E-state index in [0.29, 0.717) is 23.8 Å². The minimum absolute atomic E-state index is 0.102. The first-order valence-electron chi connectivity index (χ1n) is 6.73. The predicted octanol–water partition coefficient (Wildman–Crippen LogP) is 1.89. The molecular formula is C13H19N3OS. The van der Waals surface area contributed by atoms with Gasteiger partial charge in [0.1, 0.15) is 5.69 Å². The Balaban J connectivity index is 1.74. The van der Waals surface area contributed by atoms with Crippen molar-refractivity contribution in [3.63, 3.8) is 0 Å². The Bertz CT molecular complexity index is 408. The van der Waals surface area contributed by atoms with Crippen LogP contribution in [0.15, 0.2) is 10.9 Å². The van der Waals surface area contributed by atoms with Crippen molar-refractivity contribution >= 4 is 17.2 Å². The number of hydrogen-bond acceptors (Lipinski definition) is 4. The van der Waals surface area contributed by atoms with Crippen LogP contribution in [0, 0.1) is 0 Å². The van der Waals surface area contributed by atoms with E-state index >= 15 is 0 Å². The first kappa shape index (κ1) is 12.1. The molecule has 0 saturated carbocycles. The number of rotatable bonds is 3. The second-order valence-corrected chi connectivity index (χ2v) is 5.95. The molecule has 2 aliphatic heterocycles. The van der Waals surface area contributed by atoms with E-state index < -0.39 is 0 Å². The van der Waals surface area contributed by atoms with E-state index in [0.717, 1.165) is 19.4 Å². The Morgan fingerprint density at radius 3 is 2.78 bits per heavy atom. The van der Waals surface area contributed by atoms with E-state index in [-0.39, 0.29) is 5.91 Å². The smallest absolute Gasteiger partial charge is 0.273 e. The lowest BCUT2D eigenvalue weighted by atomic mass is 9.98. The van der Waals surface area contributed by atoms with Gasteiger partial charge in [0, 0.05) is 30.1 Å². The van der Waals surface area contributed by atoms with Crippen LogP contribution < -0.4 is 5.32 Å². The normalized spacial score (nSPS) is 30.4. The third-order valence-electron chi connectivity index (χ3n) is 4.14. The highest BCUT2D eigenvalue weighted by molar-refractivity contribution is 7.07. The van der Waals surface area contributed by atoms with E-state index in [2.05, 4.69) is 17.2 Å². The number of aromatic nitrogens is 1. The van der Waals surface area contributed by atoms with Crippen LogP contribution in [0.3, 0.4) is 0 Å². The number of piperidine rings is 1. The molecule has 3 heterocycles. The Kier molecular flexibility index (Phi) is 3.35. The molecule has 0 radical (unpaired) electrons. The van der Waals surface area contributed by atoms with Crippen molar-refractivity contribution in [3.05, 3.63) is 16.6 Å². The van der Waals surface area contributed by atoms with Gasteiger partial charge >= 0.3 is 0 Å². The third-order valence-corrected chi connectivity index (χ3v) is 4.73. The summed E-state index contributed by atoms with van der Waals surface area (Å²) < 4.78 is 0. The molecular weight excluding hydrogens is 246 g/mol. The van der Waals surface area contributed by atoms with Crippen LogP contribution in [0.5, 0.6) is 0 Å². The van der Waals surface area contributed by atoms with Crippen LogP contribution in [-0.2, 0) is 0 Å². The van der Waals surface area contributed by atoms with Crippen molar-refractivity contribution < 1.29 is 4.79 Å². The summed E-state index contributed by atoms with van der Waals surface area (Å²) in [7, 11) is 0. The quantitative estimate of drug-likeness (QED) is 0.907. The number of fused-ring (bicyclic) bond motifs is 2. The van der Waals surface area contributed by atoms with E-state index in [1.54, 1.807) is 5.51 Å². The lowest BCUT2D eigenvalue weighted by Gasteiger charge is -2.37. The molecule has 2 saturated heterocycles. The molecule has 2 aliphatic rings. The van der Waals surface area contributed by atoms with Gasteiger partial charge in [0.25, 0.3) is 5.91 Å². The standard InChI is InChI=1S/C13H19N3OS/c1-2-16(13(17)12-7-18-8-14-12)11-5-9-3-4-10(6-11)15-9/h7-11,15H,2-6H2,1H3. The van der Waals surface area contributed by atoms with Gasteiger partial charge in [0.2, 0.25) is 0 Å². The van der Waals surface area contributed by atoms with Crippen molar-refractivity contribution in [2.75, 3.05) is 6.54 Å². The number of nitrogens with zero attached hydrogens (tertiary/aromatic N) is 2. The molecule has 1 N–H and O–H groups in total. The second kappa shape index (κ2) is 4.97. The average molecular weight is 265 g/mol. The summed E-state index contributed by atoms with van der Waals surface area (Å²) >= 11 is 1.48. The van der Waals surface area contributed by atoms with Gasteiger partial charge in [-0.15, -0.1) is 11.3 Å². The van der Waals surface area contributed by atoms with Crippen molar-refractivity contribution in [1.82, 2.24) is 15.2 Å². The number of hydrogen-bond donors (Lipinski definition) is 1. The van der Waals surface area contributed by atoms with E-state index in [4.69, 9.17) is 0 Å². The topological polar surface area (TPSA) is 45.2 Å². The summed E-state index contributed by atoms with van der Waals surface area (Å²) in [5, 5.41) is 5.47. The first-order chi connectivity index (χ1) is 8.78. The molecule has 1 aromatic rings. The van der Waals surface area contributed by atoms with Gasteiger partial charge in [-0.3, -0.25) is 4.79 Å². The zero-order valence-corrected chi connectivity index (χ0v) is 11.4. The van der Waals surface area contributed by atoms with Gasteiger partial charge in [-0.05, 0) is 32.6 Å². The highest BCUT2D eigenvalue weighted by Gasteiger charge is 2.37. The molecule has 0 aromatic carbocycles. The highest BCUT2D eigenvalue weighted by atomic mass is 32.1. The Morgan fingerprint density at radius 2 is 2.22 bits per heavy atom. The molecule has 2 atom stereocenters. The van der Waals surface area contributed by atoms with Crippen molar-refractivity contribution in [2.24, 2.45) is 0 Å². The second-order valence-electron chi connectivity index (χ2n) is 5.23. The maximum absolute atomic E-state index is 12.4. The maximum Gasteiger partial charge on any atom is 0.273 e. The lowest BCUT2D eigenvalue weighted by molar-refractivity contribution is 0.0626. The minimum atomic E-state index is 0.102. The van der Waals surface area contributed by atoms with E-state index in [9.17, 15) is 4.79 Å². The molecule has 2 unspecified atom stereocenters. The molecule has 0 aliphatic carbocycles. The predicted molar refractivity (Wildman–Crippen MR) is 71.8 cm³/mol. The van der Waals surface area contributed by atoms with Crippen LogP contribution in [0.1, 0.15) is 43.1 Å². The first-order valence-corrected chi connectivity index (χ1v) is 7.67. The zero-order valence-electron chi connectivity index (χ0n) is 10.6. The SMILES string of the molecule is CCN(C(=O)c1cscn1)C1CC2CCC(C1)N2. The molecule has 98 valence electrons. The molecule has 2 bridgehead atoms. The number of carbonyl (C=O) groups excluding carboxylic acids is 1. The zero-order chi connectivity index (χ0) is 12.5. The Morgan fingerprint density at radius 1 is 1.50 bits per heavy atom. The summed E-state index contributed by atoms with van der Waals surface area (Å²) in [4.78, 5) is 18.6. The molecule has 0 spiro atoms. The number of carbonyl (C=O) groups is 1. The molecule has 18 heavy (non-hydrogen) atoms. The van der Waals surface area contributed by atoms with Gasteiger partial charge in [-0.1, -0.05) is 0 Å². The van der Waals surface area contributed by atoms with Crippen LogP contribution in [0.25, 0.3) is 0 Å². The summed E-state index contributed by atoms with van der Waals surface area (Å²) in [6, 6.07) is 1.63. The molecule has 4 nitrogen and oxygen atoms in total. The largest absolute Gasteiger partial charge is 0.334 e. The summed E-state index contributed by atoms with van der Waals surface area (Å²) in [5.41, 5.74) is 2.33. The Hall–Kier alpha value is -0.940. The fraction of sp³-hybridized carbons (Fsp3) is 0.692. The fourth-order valence-electron chi connectivity index (χ4n) is 3.31. The van der Waals surface area contributed by atoms with Crippen molar-refractivity contribution in [1.29, 1.82) is 0 Å². The molecule has 1 aromatic heterocycles. The van der Waals surface area contributed by atoms with Gasteiger partial charge in [0.15, 0.2) is 0 Å². The van der Waals surface area contributed by atoms with E-state index in [1.165, 1.54) is 24.2 Å². The monoisotopic (exact) mass is 265 g/mol. The third kappa shape index (κ3) is 2.17. The number of thiazole rings is 1. The summed E-state index contributed by atoms with van der Waals surface area (Å²) in [6.45, 7) is 2.84. The molecule has 5 heteroatoms. The lowest BCUT2D eigenvalue weighted by Crippen LogP contribution is -2.50. The molecule has 2 fully saturated rings. The summed E-state index contributed by atoms with van der Waals surface area (Å²) in [5.74, 6) is 0.102. The van der Waals surface area contributed by atoms with Crippen molar-refractivity contribution in [2.45, 2.75) is 50.7 Å². The van der Waals surface area contributed by atoms with Gasteiger partial charge in [-0.2, -0.15) is 0 Å². The van der Waals surface area contributed by atoms with Crippen LogP contribution in [0.4, 0.5) is 0 Å². The summed E-state index contributed by atoms with van der Waals surface area (Å²) in [6.07, 6.45) is 4.73. The number of amides is 1. The van der Waals surface area contributed by atoms with E-state index in [1.807, 2.05) is 10.3 Å². The molecule has 1 amide bonds. The van der Waals surface area contributed by atoms with Gasteiger partial charge in [0.05, 0.1) is 5.51 Å². The minimum Gasteiger partial charge on any atom is -0.334 e. The molecule has 3 rings (SSSR count).